The fourth-order valence-electron chi connectivity index (χ4n) is 3.67. The summed E-state index contributed by atoms with van der Waals surface area (Å²) in [6.07, 6.45) is 5.93. The molecule has 2 fully saturated rings. The molecule has 0 radical (unpaired) electrons. The molecule has 1 aliphatic carbocycles. The number of nitriles is 1. The summed E-state index contributed by atoms with van der Waals surface area (Å²) < 4.78 is 0. The third kappa shape index (κ3) is 3.93. The number of rotatable bonds is 5. The van der Waals surface area contributed by atoms with Crippen molar-refractivity contribution in [2.75, 3.05) is 23.3 Å². The van der Waals surface area contributed by atoms with E-state index in [9.17, 15) is 14.9 Å². The van der Waals surface area contributed by atoms with Gasteiger partial charge in [-0.25, -0.2) is 0 Å². The largest absolute Gasteiger partial charge is 0.374 e. The average molecular weight is 340 g/mol. The zero-order valence-corrected chi connectivity index (χ0v) is 14.4. The lowest BCUT2D eigenvalue weighted by Gasteiger charge is -2.31. The van der Waals surface area contributed by atoms with Crippen molar-refractivity contribution in [2.45, 2.75) is 50.5 Å². The molecule has 1 aromatic carbocycles. The maximum Gasteiger partial charge on any atom is 0.240 e. The Kier molecular flexibility index (Phi) is 5.22. The number of amides is 2. The van der Waals surface area contributed by atoms with Crippen molar-refractivity contribution in [2.24, 2.45) is 0 Å². The van der Waals surface area contributed by atoms with Crippen LogP contribution in [0.4, 0.5) is 11.4 Å². The maximum atomic E-state index is 12.3. The number of hydrogen-bond donors (Lipinski definition) is 2. The number of anilines is 2. The van der Waals surface area contributed by atoms with Crippen molar-refractivity contribution in [3.8, 4) is 6.07 Å². The summed E-state index contributed by atoms with van der Waals surface area (Å²) in [6.45, 7) is 0.795. The van der Waals surface area contributed by atoms with Crippen LogP contribution in [0.1, 0.15) is 44.9 Å². The Hall–Kier alpha value is -2.55. The lowest BCUT2D eigenvalue weighted by atomic mass is 9.83. The molecule has 0 unspecified atom stereocenters. The Morgan fingerprint density at radius 2 is 1.96 bits per heavy atom. The van der Waals surface area contributed by atoms with E-state index in [1.807, 2.05) is 24.3 Å². The molecular weight excluding hydrogens is 316 g/mol. The predicted octanol–water partition coefficient (Wildman–Crippen LogP) is 2.57. The first-order chi connectivity index (χ1) is 12.1. The molecule has 2 amide bonds. The summed E-state index contributed by atoms with van der Waals surface area (Å²) in [5, 5.41) is 15.5. The van der Waals surface area contributed by atoms with Crippen LogP contribution in [0.3, 0.4) is 0 Å². The van der Waals surface area contributed by atoms with Gasteiger partial charge in [-0.1, -0.05) is 31.4 Å². The van der Waals surface area contributed by atoms with E-state index in [0.29, 0.717) is 25.8 Å². The third-order valence-corrected chi connectivity index (χ3v) is 5.01. The minimum absolute atomic E-state index is 0.0858. The highest BCUT2D eigenvalue weighted by Crippen LogP contribution is 2.30. The summed E-state index contributed by atoms with van der Waals surface area (Å²) in [5.41, 5.74) is 0.856. The highest BCUT2D eigenvalue weighted by molar-refractivity contribution is 5.98. The molecule has 0 aromatic heterocycles. The molecule has 25 heavy (non-hydrogen) atoms. The van der Waals surface area contributed by atoms with E-state index in [0.717, 1.165) is 37.1 Å². The van der Waals surface area contributed by atoms with Crippen molar-refractivity contribution in [1.29, 1.82) is 5.26 Å². The fraction of sp³-hybridized carbons (Fsp3) is 0.526. The molecule has 1 saturated heterocycles. The van der Waals surface area contributed by atoms with Crippen molar-refractivity contribution >= 4 is 23.2 Å². The summed E-state index contributed by atoms with van der Waals surface area (Å²) in [4.78, 5) is 26.1. The van der Waals surface area contributed by atoms with Crippen molar-refractivity contribution in [3.05, 3.63) is 24.3 Å². The van der Waals surface area contributed by atoms with E-state index in [2.05, 4.69) is 16.7 Å². The smallest absolute Gasteiger partial charge is 0.240 e. The van der Waals surface area contributed by atoms with E-state index in [-0.39, 0.29) is 18.4 Å². The summed E-state index contributed by atoms with van der Waals surface area (Å²) in [7, 11) is 0. The van der Waals surface area contributed by atoms with E-state index in [1.54, 1.807) is 4.90 Å². The van der Waals surface area contributed by atoms with Gasteiger partial charge in [-0.2, -0.15) is 5.26 Å². The Labute approximate surface area is 148 Å². The first-order valence-corrected chi connectivity index (χ1v) is 8.99. The molecule has 0 bridgehead atoms. The van der Waals surface area contributed by atoms with Crippen molar-refractivity contribution in [1.82, 2.24) is 5.32 Å². The highest BCUT2D eigenvalue weighted by atomic mass is 16.2. The zero-order valence-electron chi connectivity index (χ0n) is 14.4. The van der Waals surface area contributed by atoms with Crippen molar-refractivity contribution in [3.63, 3.8) is 0 Å². The molecule has 1 aromatic rings. The zero-order chi connectivity index (χ0) is 17.7. The van der Waals surface area contributed by atoms with Crippen LogP contribution in [0.25, 0.3) is 0 Å². The molecule has 132 valence electrons. The number of nitrogens with zero attached hydrogens (tertiary/aromatic N) is 2. The monoisotopic (exact) mass is 340 g/mol. The van der Waals surface area contributed by atoms with Crippen molar-refractivity contribution < 1.29 is 9.59 Å². The normalized spacial score (nSPS) is 19.3. The Bertz CT molecular complexity index is 689. The quantitative estimate of drug-likeness (QED) is 0.863. The number of para-hydroxylation sites is 2. The maximum absolute atomic E-state index is 12.3. The van der Waals surface area contributed by atoms with Gasteiger partial charge in [0.2, 0.25) is 11.8 Å². The fourth-order valence-corrected chi connectivity index (χ4v) is 3.67. The standard InChI is InChI=1S/C19H24N4O2/c20-14-19(10-4-1-5-11-19)22-17(24)13-21-15-7-2-3-8-16(15)23-12-6-9-18(23)25/h2-3,7-8,21H,1,4-6,9-13H2,(H,22,24). The topological polar surface area (TPSA) is 85.2 Å². The lowest BCUT2D eigenvalue weighted by Crippen LogP contribution is -2.50. The Morgan fingerprint density at radius 1 is 1.20 bits per heavy atom. The molecule has 0 spiro atoms. The summed E-state index contributed by atoms with van der Waals surface area (Å²) >= 11 is 0. The SMILES string of the molecule is N#CC1(NC(=O)CNc2ccccc2N2CCCC2=O)CCCCC1. The average Bonchev–Trinajstić information content (AvgIpc) is 3.07. The molecule has 6 nitrogen and oxygen atoms in total. The molecule has 1 heterocycles. The molecule has 2 aliphatic rings. The van der Waals surface area contributed by atoms with Crippen LogP contribution in [-0.2, 0) is 9.59 Å². The number of carbonyl (C=O) groups excluding carboxylic acids is 2. The van der Waals surface area contributed by atoms with E-state index >= 15 is 0 Å². The van der Waals surface area contributed by atoms with Gasteiger partial charge in [-0.15, -0.1) is 0 Å². The van der Waals surface area contributed by atoms with Crippen LogP contribution in [0.5, 0.6) is 0 Å². The molecular formula is C19H24N4O2. The van der Waals surface area contributed by atoms with Gasteiger partial charge in [-0.05, 0) is 31.4 Å². The minimum Gasteiger partial charge on any atom is -0.374 e. The number of carbonyl (C=O) groups is 2. The van der Waals surface area contributed by atoms with Crippen LogP contribution in [0, 0.1) is 11.3 Å². The van der Waals surface area contributed by atoms with Gasteiger partial charge in [0.05, 0.1) is 24.0 Å². The Morgan fingerprint density at radius 3 is 2.64 bits per heavy atom. The molecule has 2 N–H and O–H groups in total. The molecule has 0 atom stereocenters. The second-order valence-electron chi connectivity index (χ2n) is 6.82. The summed E-state index contributed by atoms with van der Waals surface area (Å²) in [6, 6.07) is 9.82. The first kappa shape index (κ1) is 17.3. The molecule has 3 rings (SSSR count). The number of benzene rings is 1. The minimum atomic E-state index is -0.721. The molecule has 1 saturated carbocycles. The number of hydrogen-bond acceptors (Lipinski definition) is 4. The van der Waals surface area contributed by atoms with Gasteiger partial charge in [0.15, 0.2) is 0 Å². The van der Waals surface area contributed by atoms with Gasteiger partial charge >= 0.3 is 0 Å². The van der Waals surface area contributed by atoms with Crippen LogP contribution in [0.15, 0.2) is 24.3 Å². The third-order valence-electron chi connectivity index (χ3n) is 5.01. The predicted molar refractivity (Wildman–Crippen MR) is 96.1 cm³/mol. The van der Waals surface area contributed by atoms with Gasteiger partial charge in [0.25, 0.3) is 0 Å². The van der Waals surface area contributed by atoms with Gasteiger partial charge in [0.1, 0.15) is 5.54 Å². The first-order valence-electron chi connectivity index (χ1n) is 8.99. The summed E-state index contributed by atoms with van der Waals surface area (Å²) in [5.74, 6) is -0.0738. The highest BCUT2D eigenvalue weighted by Gasteiger charge is 2.33. The van der Waals surface area contributed by atoms with Crippen LogP contribution in [-0.4, -0.2) is 30.4 Å². The van der Waals surface area contributed by atoms with Crippen LogP contribution >= 0.6 is 0 Å². The second-order valence-corrected chi connectivity index (χ2v) is 6.82. The van der Waals surface area contributed by atoms with Crippen LogP contribution in [0.2, 0.25) is 0 Å². The van der Waals surface area contributed by atoms with Gasteiger partial charge in [-0.3, -0.25) is 9.59 Å². The molecule has 1 aliphatic heterocycles. The lowest BCUT2D eigenvalue weighted by molar-refractivity contribution is -0.121. The van der Waals surface area contributed by atoms with E-state index in [4.69, 9.17) is 0 Å². The number of nitrogens with one attached hydrogen (secondary N) is 2. The second kappa shape index (κ2) is 7.56. The van der Waals surface area contributed by atoms with E-state index in [1.165, 1.54) is 0 Å². The van der Waals surface area contributed by atoms with Gasteiger partial charge < -0.3 is 15.5 Å². The van der Waals surface area contributed by atoms with Gasteiger partial charge in [0, 0.05) is 13.0 Å². The van der Waals surface area contributed by atoms with E-state index < -0.39 is 5.54 Å². The van der Waals surface area contributed by atoms with Crippen LogP contribution < -0.4 is 15.5 Å². The molecule has 6 heteroatoms. The Balaban J connectivity index is 1.63.